The van der Waals surface area contributed by atoms with E-state index < -0.39 is 29.6 Å². The second-order valence-electron chi connectivity index (χ2n) is 8.54. The number of carbonyl (C=O) groups excluding carboxylic acids is 2. The van der Waals surface area contributed by atoms with E-state index >= 15 is 0 Å². The number of fused-ring (bicyclic) bond motifs is 3. The standard InChI is InChI=1S/C25H28N2O5/c1-2-8-21(22(28)29)26-23(30)25(13-7-14-25)27-24(31)32-15-20-18-11-5-3-9-16(18)17-10-4-6-12-19(17)20/h3-6,9-12,20-21H,2,7-8,13-15H2,1H3,(H,26,30)(H,27,31)(H,28,29). The molecule has 1 atom stereocenters. The first-order chi connectivity index (χ1) is 15.4. The number of hydrogen-bond acceptors (Lipinski definition) is 4. The normalized spacial score (nSPS) is 16.8. The van der Waals surface area contributed by atoms with Gasteiger partial charge in [-0.25, -0.2) is 9.59 Å². The second kappa shape index (κ2) is 9.02. The predicted octanol–water partition coefficient (Wildman–Crippen LogP) is 3.82. The summed E-state index contributed by atoms with van der Waals surface area (Å²) in [7, 11) is 0. The Balaban J connectivity index is 1.41. The van der Waals surface area contributed by atoms with Crippen molar-refractivity contribution >= 4 is 18.0 Å². The van der Waals surface area contributed by atoms with Crippen molar-refractivity contribution in [2.75, 3.05) is 6.61 Å². The number of rotatable bonds is 8. The quantitative estimate of drug-likeness (QED) is 0.584. The molecule has 2 amide bonds. The van der Waals surface area contributed by atoms with Crippen LogP contribution in [0.5, 0.6) is 0 Å². The molecule has 0 aliphatic heterocycles. The van der Waals surface area contributed by atoms with E-state index in [-0.39, 0.29) is 12.5 Å². The first kappa shape index (κ1) is 21.9. The van der Waals surface area contributed by atoms with Crippen LogP contribution in [-0.2, 0) is 14.3 Å². The summed E-state index contributed by atoms with van der Waals surface area (Å²) in [5, 5.41) is 14.6. The van der Waals surface area contributed by atoms with Crippen molar-refractivity contribution in [1.29, 1.82) is 0 Å². The molecule has 2 aromatic carbocycles. The number of nitrogens with one attached hydrogen (secondary N) is 2. The minimum absolute atomic E-state index is 0.0692. The molecule has 0 heterocycles. The minimum Gasteiger partial charge on any atom is -0.480 e. The third-order valence-electron chi connectivity index (χ3n) is 6.51. The highest BCUT2D eigenvalue weighted by Gasteiger charge is 2.47. The van der Waals surface area contributed by atoms with E-state index in [0.717, 1.165) is 28.7 Å². The predicted molar refractivity (Wildman–Crippen MR) is 119 cm³/mol. The topological polar surface area (TPSA) is 105 Å². The number of carboxylic acid groups (broad SMARTS) is 1. The average molecular weight is 437 g/mol. The molecule has 1 fully saturated rings. The van der Waals surface area contributed by atoms with Crippen LogP contribution in [0, 0.1) is 0 Å². The Morgan fingerprint density at radius 3 is 2.16 bits per heavy atom. The van der Waals surface area contributed by atoms with Crippen molar-refractivity contribution in [2.45, 2.75) is 56.5 Å². The molecule has 1 unspecified atom stereocenters. The summed E-state index contributed by atoms with van der Waals surface area (Å²) in [6.07, 6.45) is 2.00. The van der Waals surface area contributed by atoms with Crippen LogP contribution in [-0.4, -0.2) is 41.3 Å². The maximum absolute atomic E-state index is 12.8. The van der Waals surface area contributed by atoms with E-state index in [0.29, 0.717) is 25.7 Å². The number of benzene rings is 2. The maximum Gasteiger partial charge on any atom is 0.408 e. The zero-order valence-electron chi connectivity index (χ0n) is 18.1. The van der Waals surface area contributed by atoms with E-state index in [2.05, 4.69) is 22.8 Å². The van der Waals surface area contributed by atoms with Crippen LogP contribution < -0.4 is 10.6 Å². The van der Waals surface area contributed by atoms with Gasteiger partial charge in [0, 0.05) is 5.92 Å². The smallest absolute Gasteiger partial charge is 0.408 e. The fraction of sp³-hybridized carbons (Fsp3) is 0.400. The molecule has 0 saturated heterocycles. The van der Waals surface area contributed by atoms with E-state index in [4.69, 9.17) is 4.74 Å². The monoisotopic (exact) mass is 436 g/mol. The first-order valence-electron chi connectivity index (χ1n) is 11.1. The molecule has 2 aliphatic carbocycles. The largest absolute Gasteiger partial charge is 0.480 e. The molecule has 0 radical (unpaired) electrons. The van der Waals surface area contributed by atoms with Crippen molar-refractivity contribution in [3.63, 3.8) is 0 Å². The number of carboxylic acids is 1. The molecule has 3 N–H and O–H groups in total. The summed E-state index contributed by atoms with van der Waals surface area (Å²) in [5.74, 6) is -1.60. The van der Waals surface area contributed by atoms with Gasteiger partial charge in [-0.15, -0.1) is 0 Å². The van der Waals surface area contributed by atoms with Crippen molar-refractivity contribution in [3.05, 3.63) is 59.7 Å². The van der Waals surface area contributed by atoms with Gasteiger partial charge in [0.25, 0.3) is 0 Å². The molecular formula is C25H28N2O5. The summed E-state index contributed by atoms with van der Waals surface area (Å²) < 4.78 is 5.57. The lowest BCUT2D eigenvalue weighted by Gasteiger charge is -2.40. The van der Waals surface area contributed by atoms with Gasteiger partial charge < -0.3 is 20.5 Å². The summed E-state index contributed by atoms with van der Waals surface area (Å²) in [6, 6.07) is 15.2. The number of ether oxygens (including phenoxy) is 1. The van der Waals surface area contributed by atoms with Gasteiger partial charge in [0.1, 0.15) is 18.2 Å². The van der Waals surface area contributed by atoms with Crippen LogP contribution in [0.15, 0.2) is 48.5 Å². The fourth-order valence-corrected chi connectivity index (χ4v) is 4.61. The molecule has 0 aromatic heterocycles. The van der Waals surface area contributed by atoms with E-state index in [1.54, 1.807) is 0 Å². The molecule has 0 bridgehead atoms. The first-order valence-corrected chi connectivity index (χ1v) is 11.1. The van der Waals surface area contributed by atoms with Crippen LogP contribution in [0.3, 0.4) is 0 Å². The molecule has 0 spiro atoms. The van der Waals surface area contributed by atoms with Gasteiger partial charge in [-0.1, -0.05) is 61.9 Å². The zero-order valence-corrected chi connectivity index (χ0v) is 18.1. The van der Waals surface area contributed by atoms with Crippen molar-refractivity contribution in [1.82, 2.24) is 10.6 Å². The highest BCUT2D eigenvalue weighted by atomic mass is 16.5. The molecular weight excluding hydrogens is 408 g/mol. The summed E-state index contributed by atoms with van der Waals surface area (Å²) in [6.45, 7) is 2.02. The number of hydrogen-bond donors (Lipinski definition) is 3. The Kier molecular flexibility index (Phi) is 6.17. The highest BCUT2D eigenvalue weighted by Crippen LogP contribution is 2.44. The van der Waals surface area contributed by atoms with E-state index in [9.17, 15) is 19.5 Å². The Bertz CT molecular complexity index is 985. The third kappa shape index (κ3) is 4.07. The Morgan fingerprint density at radius 2 is 1.66 bits per heavy atom. The Labute approximate surface area is 187 Å². The van der Waals surface area contributed by atoms with Crippen molar-refractivity contribution in [2.24, 2.45) is 0 Å². The molecule has 168 valence electrons. The second-order valence-corrected chi connectivity index (χ2v) is 8.54. The molecule has 1 saturated carbocycles. The van der Waals surface area contributed by atoms with E-state index in [1.165, 1.54) is 0 Å². The van der Waals surface area contributed by atoms with Gasteiger partial charge in [-0.2, -0.15) is 0 Å². The van der Waals surface area contributed by atoms with Gasteiger partial charge in [0.05, 0.1) is 0 Å². The van der Waals surface area contributed by atoms with Crippen molar-refractivity contribution in [3.8, 4) is 11.1 Å². The highest BCUT2D eigenvalue weighted by molar-refractivity contribution is 5.93. The SMILES string of the molecule is CCCC(NC(=O)C1(NC(=O)OCC2c3ccccc3-c3ccccc32)CCC1)C(=O)O. The lowest BCUT2D eigenvalue weighted by molar-refractivity contribution is -0.144. The number of amides is 2. The van der Waals surface area contributed by atoms with Gasteiger partial charge in [0.15, 0.2) is 0 Å². The maximum atomic E-state index is 12.8. The van der Waals surface area contributed by atoms with Gasteiger partial charge in [0.2, 0.25) is 5.91 Å². The van der Waals surface area contributed by atoms with Gasteiger partial charge in [-0.3, -0.25) is 4.79 Å². The molecule has 2 aliphatic rings. The summed E-state index contributed by atoms with van der Waals surface area (Å²) >= 11 is 0. The average Bonchev–Trinajstić information content (AvgIpc) is 3.08. The molecule has 32 heavy (non-hydrogen) atoms. The minimum atomic E-state index is -1.11. The third-order valence-corrected chi connectivity index (χ3v) is 6.51. The lowest BCUT2D eigenvalue weighted by atomic mass is 9.76. The van der Waals surface area contributed by atoms with Crippen LogP contribution in [0.1, 0.15) is 56.1 Å². The van der Waals surface area contributed by atoms with E-state index in [1.807, 2.05) is 43.3 Å². The molecule has 2 aromatic rings. The number of aliphatic carboxylic acids is 1. The molecule has 4 rings (SSSR count). The number of carbonyl (C=O) groups is 3. The Morgan fingerprint density at radius 1 is 1.06 bits per heavy atom. The summed E-state index contributed by atoms with van der Waals surface area (Å²) in [4.78, 5) is 36.9. The fourth-order valence-electron chi connectivity index (χ4n) is 4.61. The van der Waals surface area contributed by atoms with Gasteiger partial charge in [-0.05, 0) is 47.9 Å². The van der Waals surface area contributed by atoms with Crippen LogP contribution in [0.25, 0.3) is 11.1 Å². The van der Waals surface area contributed by atoms with Crippen LogP contribution in [0.4, 0.5) is 4.79 Å². The van der Waals surface area contributed by atoms with Crippen molar-refractivity contribution < 1.29 is 24.2 Å². The number of alkyl carbamates (subject to hydrolysis) is 1. The molecule has 7 heteroatoms. The Hall–Kier alpha value is -3.35. The summed E-state index contributed by atoms with van der Waals surface area (Å²) in [5.41, 5.74) is 3.40. The zero-order chi connectivity index (χ0) is 22.7. The van der Waals surface area contributed by atoms with Crippen LogP contribution >= 0.6 is 0 Å². The van der Waals surface area contributed by atoms with Gasteiger partial charge >= 0.3 is 12.1 Å². The lowest BCUT2D eigenvalue weighted by Crippen LogP contribution is -2.64. The van der Waals surface area contributed by atoms with Crippen LogP contribution in [0.2, 0.25) is 0 Å². The molecule has 7 nitrogen and oxygen atoms in total.